The molecular formula is C16H42. The molecule has 0 radical (unpaired) electrons. The van der Waals surface area contributed by atoms with Gasteiger partial charge in [0.2, 0.25) is 0 Å². The molecule has 0 atom stereocenters. The summed E-state index contributed by atoms with van der Waals surface area (Å²) in [6, 6.07) is 0. The maximum atomic E-state index is 3.36. The van der Waals surface area contributed by atoms with Crippen molar-refractivity contribution in [1.29, 1.82) is 0 Å². The van der Waals surface area contributed by atoms with Crippen molar-refractivity contribution in [2.45, 2.75) is 82.6 Å². The van der Waals surface area contributed by atoms with E-state index in [1.807, 2.05) is 62.3 Å². The second kappa shape index (κ2) is 1200. The molecule has 0 spiro atoms. The summed E-state index contributed by atoms with van der Waals surface area (Å²) >= 11 is 0. The lowest BCUT2D eigenvalue weighted by Crippen LogP contribution is -1.27. The van der Waals surface area contributed by atoms with Crippen LogP contribution in [0.25, 0.3) is 0 Å². The molecule has 106 valence electrons. The summed E-state index contributed by atoms with van der Waals surface area (Å²) in [5.41, 5.74) is 0. The van der Waals surface area contributed by atoms with Crippen LogP contribution in [-0.2, 0) is 0 Å². The second-order valence-electron chi connectivity index (χ2n) is 1.12. The van der Waals surface area contributed by atoms with Crippen LogP contribution < -0.4 is 0 Å². The standard InChI is InChI=1S/C3H8.C3H6.4C2H6.C2H4/c2*1-3-2;5*1-2/h3H2,1-2H3;3H,1H2,2H3;4*1-2H3;1-2H2. The number of allylic oxidation sites excluding steroid dienone is 1. The first-order valence-electron chi connectivity index (χ1n) is 6.90. The summed E-state index contributed by atoms with van der Waals surface area (Å²) in [6.45, 7) is 31.5. The SMILES string of the molecule is C=C.C=CC.CC.CC.CC.CC.CCC. The lowest BCUT2D eigenvalue weighted by Gasteiger charge is -1.48. The van der Waals surface area contributed by atoms with Gasteiger partial charge in [-0.2, -0.15) is 0 Å². The third-order valence-electron chi connectivity index (χ3n) is 0. The Kier molecular flexibility index (Phi) is 3390. The number of rotatable bonds is 0. The highest BCUT2D eigenvalue weighted by Gasteiger charge is 1.35. The van der Waals surface area contributed by atoms with Crippen molar-refractivity contribution in [3.05, 3.63) is 25.8 Å². The number of hydrogen-bond donors (Lipinski definition) is 0. The highest BCUT2D eigenvalue weighted by atomic mass is 13.4. The zero-order chi connectivity index (χ0) is 15.4. The average molecular weight is 235 g/mol. The van der Waals surface area contributed by atoms with E-state index < -0.39 is 0 Å². The van der Waals surface area contributed by atoms with E-state index in [1.54, 1.807) is 6.08 Å². The second-order valence-corrected chi connectivity index (χ2v) is 1.12. The van der Waals surface area contributed by atoms with Crippen LogP contribution in [0.1, 0.15) is 82.6 Å². The Morgan fingerprint density at radius 2 is 0.688 bits per heavy atom. The molecule has 0 nitrogen and oxygen atoms in total. The Bertz CT molecular complexity index is 21.2. The summed E-state index contributed by atoms with van der Waals surface area (Å²) in [7, 11) is 0. The molecule has 16 heavy (non-hydrogen) atoms. The summed E-state index contributed by atoms with van der Waals surface area (Å²) in [5, 5.41) is 0. The monoisotopic (exact) mass is 234 g/mol. The van der Waals surface area contributed by atoms with Gasteiger partial charge in [-0.05, 0) is 6.92 Å². The highest BCUT2D eigenvalue weighted by Crippen LogP contribution is 1.56. The topological polar surface area (TPSA) is 0 Å². The first-order valence-corrected chi connectivity index (χ1v) is 6.90. The van der Waals surface area contributed by atoms with Crippen LogP contribution in [0, 0.1) is 0 Å². The zero-order valence-electron chi connectivity index (χ0n) is 14.4. The van der Waals surface area contributed by atoms with E-state index in [9.17, 15) is 0 Å². The summed E-state index contributed by atoms with van der Waals surface area (Å²) in [6.07, 6.45) is 3.00. The zero-order valence-corrected chi connectivity index (χ0v) is 14.4. The molecule has 0 fully saturated rings. The molecule has 0 bridgehead atoms. The molecule has 0 N–H and O–H groups in total. The van der Waals surface area contributed by atoms with Crippen LogP contribution in [0.15, 0.2) is 25.8 Å². The molecule has 0 rings (SSSR count). The maximum Gasteiger partial charge on any atom is -0.0473 e. The molecule has 0 aromatic rings. The van der Waals surface area contributed by atoms with Crippen LogP contribution in [0.3, 0.4) is 0 Å². The van der Waals surface area contributed by atoms with Gasteiger partial charge in [0.1, 0.15) is 0 Å². The molecule has 0 heteroatoms. The summed E-state index contributed by atoms with van der Waals surface area (Å²) in [4.78, 5) is 0. The molecule has 0 heterocycles. The van der Waals surface area contributed by atoms with Gasteiger partial charge in [-0.1, -0.05) is 81.7 Å². The molecule has 0 aliphatic rings. The predicted octanol–water partition coefficient (Wildman–Crippen LogP) is 7.52. The van der Waals surface area contributed by atoms with Gasteiger partial charge < -0.3 is 0 Å². The third-order valence-corrected chi connectivity index (χ3v) is 0. The van der Waals surface area contributed by atoms with Gasteiger partial charge in [-0.25, -0.2) is 0 Å². The van der Waals surface area contributed by atoms with Crippen molar-refractivity contribution in [2.24, 2.45) is 0 Å². The Labute approximate surface area is 109 Å². The first-order chi connectivity index (χ1) is 7.83. The predicted molar refractivity (Wildman–Crippen MR) is 88.5 cm³/mol. The number of hydrogen-bond acceptors (Lipinski definition) is 0. The molecule has 0 saturated heterocycles. The normalized spacial score (nSPS) is 3.69. The van der Waals surface area contributed by atoms with E-state index in [0.29, 0.717) is 0 Å². The van der Waals surface area contributed by atoms with Crippen LogP contribution in [0.4, 0.5) is 0 Å². The Morgan fingerprint density at radius 3 is 0.688 bits per heavy atom. The van der Waals surface area contributed by atoms with Crippen molar-refractivity contribution in [3.63, 3.8) is 0 Å². The average Bonchev–Trinajstić information content (AvgIpc) is 2.42. The molecular weight excluding hydrogens is 192 g/mol. The van der Waals surface area contributed by atoms with Crippen LogP contribution >= 0.6 is 0 Å². The van der Waals surface area contributed by atoms with Crippen molar-refractivity contribution < 1.29 is 0 Å². The maximum absolute atomic E-state index is 3.36. The van der Waals surface area contributed by atoms with Gasteiger partial charge >= 0.3 is 0 Å². The first kappa shape index (κ1) is 45.1. The van der Waals surface area contributed by atoms with E-state index in [1.165, 1.54) is 6.42 Å². The Morgan fingerprint density at radius 1 is 0.688 bits per heavy atom. The molecule has 0 unspecified atom stereocenters. The van der Waals surface area contributed by atoms with E-state index in [2.05, 4.69) is 33.6 Å². The molecule has 0 aliphatic carbocycles. The minimum Gasteiger partial charge on any atom is -0.106 e. The van der Waals surface area contributed by atoms with Crippen molar-refractivity contribution in [2.75, 3.05) is 0 Å². The molecule has 0 aromatic heterocycles. The van der Waals surface area contributed by atoms with Gasteiger partial charge in [0.25, 0.3) is 0 Å². The van der Waals surface area contributed by atoms with E-state index in [0.717, 1.165) is 0 Å². The fourth-order valence-electron chi connectivity index (χ4n) is 0. The van der Waals surface area contributed by atoms with Gasteiger partial charge in [-0.3, -0.25) is 0 Å². The van der Waals surface area contributed by atoms with Crippen LogP contribution in [-0.4, -0.2) is 0 Å². The minimum atomic E-state index is 1.25. The lowest BCUT2D eigenvalue weighted by molar-refractivity contribution is 1.09. The fourth-order valence-corrected chi connectivity index (χ4v) is 0. The molecule has 0 amide bonds. The largest absolute Gasteiger partial charge is 0.106 e. The van der Waals surface area contributed by atoms with Gasteiger partial charge in [-0.15, -0.1) is 19.7 Å². The third kappa shape index (κ3) is 7760. The highest BCUT2D eigenvalue weighted by molar-refractivity contribution is 4.51. The molecule has 0 aliphatic heterocycles. The van der Waals surface area contributed by atoms with E-state index >= 15 is 0 Å². The van der Waals surface area contributed by atoms with E-state index in [4.69, 9.17) is 0 Å². The quantitative estimate of drug-likeness (QED) is 0.380. The summed E-state index contributed by atoms with van der Waals surface area (Å²) < 4.78 is 0. The van der Waals surface area contributed by atoms with Gasteiger partial charge in [0, 0.05) is 0 Å². The Balaban J connectivity index is -0.0000000120. The summed E-state index contributed by atoms with van der Waals surface area (Å²) in [5.74, 6) is 0. The van der Waals surface area contributed by atoms with Crippen LogP contribution in [0.5, 0.6) is 0 Å². The van der Waals surface area contributed by atoms with Gasteiger partial charge in [0.05, 0.1) is 0 Å². The van der Waals surface area contributed by atoms with Gasteiger partial charge in [0.15, 0.2) is 0 Å². The minimum absolute atomic E-state index is 1.25. The van der Waals surface area contributed by atoms with Crippen molar-refractivity contribution in [3.8, 4) is 0 Å². The molecule has 0 aromatic carbocycles. The van der Waals surface area contributed by atoms with E-state index in [-0.39, 0.29) is 0 Å². The lowest BCUT2D eigenvalue weighted by atomic mass is 10.6. The van der Waals surface area contributed by atoms with Crippen molar-refractivity contribution >= 4 is 0 Å². The fraction of sp³-hybridized carbons (Fsp3) is 0.750. The van der Waals surface area contributed by atoms with Crippen LogP contribution in [0.2, 0.25) is 0 Å². The van der Waals surface area contributed by atoms with Crippen molar-refractivity contribution in [1.82, 2.24) is 0 Å². The smallest absolute Gasteiger partial charge is 0.0473 e. The molecule has 0 saturated carbocycles. The Hall–Kier alpha value is -0.520.